The third-order valence-electron chi connectivity index (χ3n) is 4.99. The molecule has 0 radical (unpaired) electrons. The summed E-state index contributed by atoms with van der Waals surface area (Å²) < 4.78 is 39.6. The summed E-state index contributed by atoms with van der Waals surface area (Å²) in [5, 5.41) is 5.27. The van der Waals surface area contributed by atoms with E-state index in [-0.39, 0.29) is 27.4 Å². The SMILES string of the molecule is COC(=O)c1csc(C)c1S(=O)(=O)NC(=O)n1nc(OC2(C)CC2)n(C2CC2)c1=O. The van der Waals surface area contributed by atoms with Gasteiger partial charge in [0.05, 0.1) is 12.7 Å². The summed E-state index contributed by atoms with van der Waals surface area (Å²) in [6.45, 7) is 3.36. The minimum Gasteiger partial charge on any atom is -0.465 e. The number of esters is 1. The van der Waals surface area contributed by atoms with Crippen LogP contribution >= 0.6 is 11.3 Å². The number of hydrogen-bond donors (Lipinski definition) is 1. The third-order valence-corrected chi connectivity index (χ3v) is 7.54. The fourth-order valence-corrected chi connectivity index (χ4v) is 5.45. The monoisotopic (exact) mass is 456 g/mol. The van der Waals surface area contributed by atoms with Crippen molar-refractivity contribution >= 4 is 33.4 Å². The topological polar surface area (TPSA) is 139 Å². The molecule has 0 spiro atoms. The standard InChI is InChI=1S/C17H20N4O7S2/c1-9-12(11(8-29-9)13(22)27-3)30(25,26)19-14(23)21-16(24)20(10-4-5-10)15(18-21)28-17(2)6-7-17/h8,10H,4-7H2,1-3H3,(H,19,23). The molecule has 2 aliphatic rings. The Kier molecular flexibility index (Phi) is 4.77. The second-order valence-corrected chi connectivity index (χ2v) is 10.3. The smallest absolute Gasteiger partial charge is 0.360 e. The van der Waals surface area contributed by atoms with Gasteiger partial charge in [0.1, 0.15) is 10.5 Å². The fourth-order valence-electron chi connectivity index (χ4n) is 2.94. The molecule has 2 heterocycles. The van der Waals surface area contributed by atoms with Gasteiger partial charge < -0.3 is 9.47 Å². The third kappa shape index (κ3) is 3.62. The number of nitrogens with zero attached hydrogens (tertiary/aromatic N) is 3. The number of rotatable bonds is 6. The van der Waals surface area contributed by atoms with E-state index in [1.54, 1.807) is 0 Å². The first kappa shape index (κ1) is 20.6. The van der Waals surface area contributed by atoms with E-state index in [2.05, 4.69) is 9.84 Å². The van der Waals surface area contributed by atoms with Crippen molar-refractivity contribution in [2.45, 2.75) is 56.1 Å². The molecular formula is C17H20N4O7S2. The van der Waals surface area contributed by atoms with Gasteiger partial charge in [-0.15, -0.1) is 21.1 Å². The Morgan fingerprint density at radius 1 is 1.33 bits per heavy atom. The second kappa shape index (κ2) is 6.94. The van der Waals surface area contributed by atoms with Crippen molar-refractivity contribution in [3.63, 3.8) is 0 Å². The fraction of sp³-hybridized carbons (Fsp3) is 0.529. The van der Waals surface area contributed by atoms with Gasteiger partial charge in [-0.05, 0) is 39.5 Å². The molecule has 0 aromatic carbocycles. The quantitative estimate of drug-likeness (QED) is 0.644. The number of thiophene rings is 1. The van der Waals surface area contributed by atoms with E-state index >= 15 is 0 Å². The molecule has 0 saturated heterocycles. The maximum Gasteiger partial charge on any atom is 0.360 e. The van der Waals surface area contributed by atoms with Gasteiger partial charge in [0, 0.05) is 16.3 Å². The van der Waals surface area contributed by atoms with Crippen molar-refractivity contribution < 1.29 is 27.5 Å². The number of ether oxygens (including phenoxy) is 2. The highest BCUT2D eigenvalue weighted by Gasteiger charge is 2.43. The molecule has 2 fully saturated rings. The molecule has 2 saturated carbocycles. The number of methoxy groups -OCH3 is 1. The molecule has 0 aliphatic heterocycles. The van der Waals surface area contributed by atoms with Crippen LogP contribution in [0.15, 0.2) is 15.1 Å². The molecule has 162 valence electrons. The van der Waals surface area contributed by atoms with Gasteiger partial charge in [0.15, 0.2) is 0 Å². The van der Waals surface area contributed by atoms with Crippen LogP contribution in [-0.2, 0) is 14.8 Å². The Morgan fingerprint density at radius 3 is 2.57 bits per heavy atom. The molecule has 13 heteroatoms. The first-order chi connectivity index (χ1) is 14.1. The van der Waals surface area contributed by atoms with E-state index in [0.29, 0.717) is 4.68 Å². The molecule has 2 aromatic heterocycles. The molecular weight excluding hydrogens is 436 g/mol. The lowest BCUT2D eigenvalue weighted by Crippen LogP contribution is -2.41. The lowest BCUT2D eigenvalue weighted by molar-refractivity contribution is 0.0597. The lowest BCUT2D eigenvalue weighted by atomic mass is 10.3. The zero-order valence-electron chi connectivity index (χ0n) is 16.5. The summed E-state index contributed by atoms with van der Waals surface area (Å²) >= 11 is 1.02. The number of carbonyl (C=O) groups excluding carboxylic acids is 2. The van der Waals surface area contributed by atoms with E-state index in [0.717, 1.165) is 44.1 Å². The van der Waals surface area contributed by atoms with Crippen molar-refractivity contribution in [3.8, 4) is 6.01 Å². The summed E-state index contributed by atoms with van der Waals surface area (Å²) in [7, 11) is -3.35. The van der Waals surface area contributed by atoms with Crippen LogP contribution in [0.3, 0.4) is 0 Å². The largest absolute Gasteiger partial charge is 0.465 e. The zero-order chi connectivity index (χ0) is 21.8. The molecule has 0 unspecified atom stereocenters. The van der Waals surface area contributed by atoms with Crippen molar-refractivity contribution in [1.82, 2.24) is 19.1 Å². The summed E-state index contributed by atoms with van der Waals surface area (Å²) in [5.41, 5.74) is -1.41. The van der Waals surface area contributed by atoms with Crippen LogP contribution in [0.25, 0.3) is 0 Å². The maximum atomic E-state index is 12.8. The number of aromatic nitrogens is 3. The van der Waals surface area contributed by atoms with E-state index in [1.165, 1.54) is 16.9 Å². The number of aryl methyl sites for hydroxylation is 1. The summed E-state index contributed by atoms with van der Waals surface area (Å²) in [6, 6.07) is -1.39. The molecule has 4 rings (SSSR count). The number of sulfonamides is 1. The van der Waals surface area contributed by atoms with Gasteiger partial charge in [0.25, 0.3) is 10.0 Å². The van der Waals surface area contributed by atoms with Crippen molar-refractivity contribution in [2.24, 2.45) is 0 Å². The van der Waals surface area contributed by atoms with Crippen LogP contribution < -0.4 is 15.1 Å². The summed E-state index contributed by atoms with van der Waals surface area (Å²) in [6.07, 6.45) is 3.09. The summed E-state index contributed by atoms with van der Waals surface area (Å²) in [5.74, 6) is -0.851. The Morgan fingerprint density at radius 2 is 2.00 bits per heavy atom. The van der Waals surface area contributed by atoms with E-state index in [1.807, 2.05) is 11.6 Å². The molecule has 1 N–H and O–H groups in total. The highest BCUT2D eigenvalue weighted by atomic mass is 32.2. The molecule has 0 bridgehead atoms. The molecule has 2 aliphatic carbocycles. The van der Waals surface area contributed by atoms with Crippen LogP contribution in [0.4, 0.5) is 4.79 Å². The van der Waals surface area contributed by atoms with Gasteiger partial charge in [-0.25, -0.2) is 32.1 Å². The average molecular weight is 457 g/mol. The molecule has 1 amide bonds. The van der Waals surface area contributed by atoms with Crippen LogP contribution in [0.5, 0.6) is 6.01 Å². The number of amides is 1. The Labute approximate surface area is 175 Å². The van der Waals surface area contributed by atoms with Crippen molar-refractivity contribution in [1.29, 1.82) is 0 Å². The highest BCUT2D eigenvalue weighted by molar-refractivity contribution is 7.90. The van der Waals surface area contributed by atoms with Crippen molar-refractivity contribution in [3.05, 3.63) is 26.3 Å². The van der Waals surface area contributed by atoms with Crippen LogP contribution in [0.2, 0.25) is 0 Å². The van der Waals surface area contributed by atoms with Gasteiger partial charge in [-0.2, -0.15) is 0 Å². The normalized spacial score (nSPS) is 17.4. The zero-order valence-corrected chi connectivity index (χ0v) is 18.1. The molecule has 2 aromatic rings. The number of nitrogens with one attached hydrogen (secondary N) is 1. The minimum absolute atomic E-state index is 0.00277. The van der Waals surface area contributed by atoms with Crippen LogP contribution in [0.1, 0.15) is 53.9 Å². The van der Waals surface area contributed by atoms with E-state index in [9.17, 15) is 22.8 Å². The Bertz CT molecular complexity index is 1200. The van der Waals surface area contributed by atoms with Crippen molar-refractivity contribution in [2.75, 3.05) is 7.11 Å². The molecule has 11 nitrogen and oxygen atoms in total. The Balaban J connectivity index is 1.66. The first-order valence-corrected chi connectivity index (χ1v) is 11.6. The minimum atomic E-state index is -4.47. The van der Waals surface area contributed by atoms with Gasteiger partial charge in [-0.3, -0.25) is 0 Å². The lowest BCUT2D eigenvalue weighted by Gasteiger charge is -2.11. The predicted molar refractivity (Wildman–Crippen MR) is 105 cm³/mol. The van der Waals surface area contributed by atoms with Gasteiger partial charge in [0.2, 0.25) is 0 Å². The second-order valence-electron chi connectivity index (χ2n) is 7.57. The number of hydrogen-bond acceptors (Lipinski definition) is 9. The number of carbonyl (C=O) groups is 2. The average Bonchev–Trinajstić information content (AvgIpc) is 3.57. The summed E-state index contributed by atoms with van der Waals surface area (Å²) in [4.78, 5) is 37.2. The Hall–Kier alpha value is -2.67. The van der Waals surface area contributed by atoms with Crippen LogP contribution in [0, 0.1) is 6.92 Å². The highest BCUT2D eigenvalue weighted by Crippen LogP contribution is 2.42. The van der Waals surface area contributed by atoms with E-state index in [4.69, 9.17) is 4.74 Å². The predicted octanol–water partition coefficient (Wildman–Crippen LogP) is 1.41. The van der Waals surface area contributed by atoms with Crippen LogP contribution in [-0.4, -0.2) is 47.5 Å². The van der Waals surface area contributed by atoms with E-state index < -0.39 is 33.3 Å². The molecule has 30 heavy (non-hydrogen) atoms. The first-order valence-electron chi connectivity index (χ1n) is 9.20. The van der Waals surface area contributed by atoms with Gasteiger partial charge in [-0.1, -0.05) is 0 Å². The maximum absolute atomic E-state index is 12.8. The molecule has 0 atom stereocenters. The van der Waals surface area contributed by atoms with Gasteiger partial charge >= 0.3 is 23.7 Å².